The maximum Gasteiger partial charge on any atom is 0.167 e. The summed E-state index contributed by atoms with van der Waals surface area (Å²) in [6.45, 7) is 1.73. The van der Waals surface area contributed by atoms with Gasteiger partial charge in [-0.3, -0.25) is 0 Å². The van der Waals surface area contributed by atoms with Crippen LogP contribution in [-0.4, -0.2) is 0 Å². The first-order valence-electron chi connectivity index (χ1n) is 5.66. The van der Waals surface area contributed by atoms with E-state index >= 15 is 0 Å². The Bertz CT molecular complexity index is 602. The standard InChI is InChI=1S/C14H12BrF2NO/c1-8(18)10-3-2-4-12(16)14(10)19-9-5-6-11(15)13(17)7-9/h2-8H,18H2,1H3. The van der Waals surface area contributed by atoms with E-state index in [1.165, 1.54) is 18.2 Å². The van der Waals surface area contributed by atoms with Crippen molar-refractivity contribution in [3.8, 4) is 11.5 Å². The summed E-state index contributed by atoms with van der Waals surface area (Å²) in [4.78, 5) is 0. The van der Waals surface area contributed by atoms with Crippen LogP contribution in [0.15, 0.2) is 40.9 Å². The van der Waals surface area contributed by atoms with E-state index in [2.05, 4.69) is 15.9 Å². The highest BCUT2D eigenvalue weighted by Crippen LogP contribution is 2.32. The Balaban J connectivity index is 2.40. The first kappa shape index (κ1) is 14.0. The van der Waals surface area contributed by atoms with Gasteiger partial charge in [-0.15, -0.1) is 0 Å². The molecule has 0 saturated heterocycles. The van der Waals surface area contributed by atoms with Crippen molar-refractivity contribution in [3.05, 3.63) is 58.1 Å². The van der Waals surface area contributed by atoms with Gasteiger partial charge < -0.3 is 10.5 Å². The normalized spacial score (nSPS) is 12.3. The fraction of sp³-hybridized carbons (Fsp3) is 0.143. The van der Waals surface area contributed by atoms with E-state index in [0.717, 1.165) is 0 Å². The van der Waals surface area contributed by atoms with Gasteiger partial charge in [0.2, 0.25) is 0 Å². The summed E-state index contributed by atoms with van der Waals surface area (Å²) in [6.07, 6.45) is 0. The van der Waals surface area contributed by atoms with Gasteiger partial charge in [0.15, 0.2) is 11.6 Å². The Morgan fingerprint density at radius 1 is 1.16 bits per heavy atom. The van der Waals surface area contributed by atoms with Crippen molar-refractivity contribution in [2.24, 2.45) is 5.73 Å². The van der Waals surface area contributed by atoms with Crippen molar-refractivity contribution in [1.82, 2.24) is 0 Å². The molecule has 0 aromatic heterocycles. The molecule has 0 spiro atoms. The molecule has 0 fully saturated rings. The van der Waals surface area contributed by atoms with E-state index in [9.17, 15) is 8.78 Å². The van der Waals surface area contributed by atoms with Crippen LogP contribution in [0.2, 0.25) is 0 Å². The molecule has 2 N–H and O–H groups in total. The molecule has 19 heavy (non-hydrogen) atoms. The largest absolute Gasteiger partial charge is 0.454 e. The van der Waals surface area contributed by atoms with Gasteiger partial charge in [-0.2, -0.15) is 0 Å². The molecular formula is C14H12BrF2NO. The van der Waals surface area contributed by atoms with Crippen LogP contribution >= 0.6 is 15.9 Å². The molecule has 0 saturated carbocycles. The quantitative estimate of drug-likeness (QED) is 0.898. The van der Waals surface area contributed by atoms with E-state index in [1.54, 1.807) is 25.1 Å². The molecule has 0 amide bonds. The van der Waals surface area contributed by atoms with Crippen molar-refractivity contribution < 1.29 is 13.5 Å². The highest BCUT2D eigenvalue weighted by Gasteiger charge is 2.14. The van der Waals surface area contributed by atoms with Crippen molar-refractivity contribution in [1.29, 1.82) is 0 Å². The van der Waals surface area contributed by atoms with Crippen LogP contribution in [0.4, 0.5) is 8.78 Å². The predicted molar refractivity (Wildman–Crippen MR) is 73.2 cm³/mol. The van der Waals surface area contributed by atoms with Gasteiger partial charge in [0, 0.05) is 17.7 Å². The minimum atomic E-state index is -0.530. The lowest BCUT2D eigenvalue weighted by Gasteiger charge is -2.14. The Hall–Kier alpha value is -1.46. The first-order valence-corrected chi connectivity index (χ1v) is 6.45. The molecule has 0 bridgehead atoms. The number of halogens is 3. The summed E-state index contributed by atoms with van der Waals surface area (Å²) in [7, 11) is 0. The molecular weight excluding hydrogens is 316 g/mol. The molecule has 0 aliphatic rings. The lowest BCUT2D eigenvalue weighted by Crippen LogP contribution is -2.07. The van der Waals surface area contributed by atoms with Gasteiger partial charge in [-0.05, 0) is 41.1 Å². The lowest BCUT2D eigenvalue weighted by atomic mass is 10.1. The van der Waals surface area contributed by atoms with Crippen LogP contribution in [-0.2, 0) is 0 Å². The van der Waals surface area contributed by atoms with Crippen LogP contribution < -0.4 is 10.5 Å². The van der Waals surface area contributed by atoms with Gasteiger partial charge in [-0.25, -0.2) is 8.78 Å². The average molecular weight is 328 g/mol. The van der Waals surface area contributed by atoms with E-state index in [-0.39, 0.29) is 17.5 Å². The summed E-state index contributed by atoms with van der Waals surface area (Å²) < 4.78 is 32.9. The topological polar surface area (TPSA) is 35.2 Å². The highest BCUT2D eigenvalue weighted by atomic mass is 79.9. The number of benzene rings is 2. The van der Waals surface area contributed by atoms with Gasteiger partial charge in [0.1, 0.15) is 11.6 Å². The SMILES string of the molecule is CC(N)c1cccc(F)c1Oc1ccc(Br)c(F)c1. The van der Waals surface area contributed by atoms with E-state index in [4.69, 9.17) is 10.5 Å². The van der Waals surface area contributed by atoms with Crippen molar-refractivity contribution in [3.63, 3.8) is 0 Å². The first-order chi connectivity index (χ1) is 8.99. The monoisotopic (exact) mass is 327 g/mol. The highest BCUT2D eigenvalue weighted by molar-refractivity contribution is 9.10. The summed E-state index contributed by atoms with van der Waals surface area (Å²) in [5.41, 5.74) is 6.29. The zero-order valence-electron chi connectivity index (χ0n) is 10.2. The van der Waals surface area contributed by atoms with Gasteiger partial charge in [0.25, 0.3) is 0 Å². The third-order valence-electron chi connectivity index (χ3n) is 2.60. The molecule has 0 aliphatic carbocycles. The fourth-order valence-electron chi connectivity index (χ4n) is 1.65. The molecule has 1 atom stereocenters. The molecule has 2 rings (SSSR count). The number of hydrogen-bond acceptors (Lipinski definition) is 2. The van der Waals surface area contributed by atoms with Crippen molar-refractivity contribution >= 4 is 15.9 Å². The Morgan fingerprint density at radius 3 is 2.53 bits per heavy atom. The van der Waals surface area contributed by atoms with Crippen LogP contribution in [0, 0.1) is 11.6 Å². The molecule has 0 radical (unpaired) electrons. The fourth-order valence-corrected chi connectivity index (χ4v) is 1.90. The van der Waals surface area contributed by atoms with Crippen LogP contribution in [0.25, 0.3) is 0 Å². The average Bonchev–Trinajstić information content (AvgIpc) is 2.36. The second-order valence-electron chi connectivity index (χ2n) is 4.12. The van der Waals surface area contributed by atoms with Crippen LogP contribution in [0.3, 0.4) is 0 Å². The third kappa shape index (κ3) is 3.11. The lowest BCUT2D eigenvalue weighted by molar-refractivity contribution is 0.429. The minimum absolute atomic E-state index is 0.0271. The summed E-state index contributed by atoms with van der Waals surface area (Å²) in [6, 6.07) is 8.35. The van der Waals surface area contributed by atoms with E-state index in [0.29, 0.717) is 10.0 Å². The minimum Gasteiger partial charge on any atom is -0.454 e. The number of para-hydroxylation sites is 1. The Labute approximate surface area is 118 Å². The van der Waals surface area contributed by atoms with Crippen LogP contribution in [0.5, 0.6) is 11.5 Å². The zero-order valence-corrected chi connectivity index (χ0v) is 11.7. The molecule has 2 nitrogen and oxygen atoms in total. The molecule has 2 aromatic rings. The van der Waals surface area contributed by atoms with Gasteiger partial charge in [-0.1, -0.05) is 12.1 Å². The van der Waals surface area contributed by atoms with Gasteiger partial charge in [0.05, 0.1) is 4.47 Å². The molecule has 0 aliphatic heterocycles. The molecule has 5 heteroatoms. The molecule has 0 heterocycles. The summed E-state index contributed by atoms with van der Waals surface area (Å²) in [5, 5.41) is 0. The Kier molecular flexibility index (Phi) is 4.17. The number of nitrogens with two attached hydrogens (primary N) is 1. The molecule has 100 valence electrons. The van der Waals surface area contributed by atoms with Crippen LogP contribution in [0.1, 0.15) is 18.5 Å². The summed E-state index contributed by atoms with van der Waals surface area (Å²) >= 11 is 3.04. The van der Waals surface area contributed by atoms with E-state index < -0.39 is 11.6 Å². The molecule has 1 unspecified atom stereocenters. The summed E-state index contributed by atoms with van der Waals surface area (Å²) in [5.74, 6) is -0.763. The third-order valence-corrected chi connectivity index (χ3v) is 3.24. The Morgan fingerprint density at radius 2 is 1.89 bits per heavy atom. The second kappa shape index (κ2) is 5.67. The number of ether oxygens (including phenoxy) is 1. The van der Waals surface area contributed by atoms with E-state index in [1.807, 2.05) is 0 Å². The van der Waals surface area contributed by atoms with Gasteiger partial charge >= 0.3 is 0 Å². The number of rotatable bonds is 3. The molecule has 2 aromatic carbocycles. The smallest absolute Gasteiger partial charge is 0.167 e. The number of hydrogen-bond donors (Lipinski definition) is 1. The maximum atomic E-state index is 13.8. The maximum absolute atomic E-state index is 13.8. The van der Waals surface area contributed by atoms with Crippen molar-refractivity contribution in [2.45, 2.75) is 13.0 Å². The van der Waals surface area contributed by atoms with Crippen molar-refractivity contribution in [2.75, 3.05) is 0 Å². The zero-order chi connectivity index (χ0) is 14.0. The second-order valence-corrected chi connectivity index (χ2v) is 4.98. The predicted octanol–water partition coefficient (Wildman–Crippen LogP) is 4.54.